The molecule has 0 fully saturated rings. The number of rotatable bonds is 2. The van der Waals surface area contributed by atoms with E-state index in [1.807, 2.05) is 11.8 Å². The minimum Gasteiger partial charge on any atom is -0.330 e. The molecule has 17 heavy (non-hydrogen) atoms. The van der Waals surface area contributed by atoms with Crippen LogP contribution >= 0.6 is 0 Å². The number of nitrogens with two attached hydrogens (primary N) is 1. The summed E-state index contributed by atoms with van der Waals surface area (Å²) in [7, 11) is 0. The normalized spacial score (nSPS) is 16.5. The zero-order valence-electron chi connectivity index (χ0n) is 10.6. The van der Waals surface area contributed by atoms with E-state index >= 15 is 0 Å². The Balaban J connectivity index is 2.31. The predicted octanol–water partition coefficient (Wildman–Crippen LogP) is 1.87. The van der Waals surface area contributed by atoms with Crippen molar-refractivity contribution in [2.45, 2.75) is 26.7 Å². The Labute approximate surface area is 103 Å². The first-order valence-electron chi connectivity index (χ1n) is 6.24. The number of anilines is 1. The molecular formula is C14H20N2O. The average Bonchev–Trinajstić information content (AvgIpc) is 2.35. The number of carbonyl (C=O) groups excluding carboxylic acids is 1. The van der Waals surface area contributed by atoms with Gasteiger partial charge in [0.2, 0.25) is 5.91 Å². The van der Waals surface area contributed by atoms with Crippen LogP contribution in [-0.2, 0) is 11.2 Å². The number of amides is 1. The van der Waals surface area contributed by atoms with Crippen molar-refractivity contribution >= 4 is 11.6 Å². The summed E-state index contributed by atoms with van der Waals surface area (Å²) in [4.78, 5) is 14.1. The van der Waals surface area contributed by atoms with Gasteiger partial charge in [0.05, 0.1) is 0 Å². The summed E-state index contributed by atoms with van der Waals surface area (Å²) in [5.41, 5.74) is 9.19. The van der Waals surface area contributed by atoms with Gasteiger partial charge >= 0.3 is 0 Å². The number of fused-ring (bicyclic) bond motifs is 1. The van der Waals surface area contributed by atoms with Gasteiger partial charge in [0.1, 0.15) is 0 Å². The van der Waals surface area contributed by atoms with Gasteiger partial charge in [-0.2, -0.15) is 0 Å². The highest BCUT2D eigenvalue weighted by molar-refractivity contribution is 5.96. The van der Waals surface area contributed by atoms with Gasteiger partial charge in [-0.3, -0.25) is 4.79 Å². The first-order valence-corrected chi connectivity index (χ1v) is 6.24. The summed E-state index contributed by atoms with van der Waals surface area (Å²) >= 11 is 0. The number of nitrogens with zero attached hydrogens (tertiary/aromatic N) is 1. The van der Waals surface area contributed by atoms with Crippen LogP contribution in [0.5, 0.6) is 0 Å². The molecule has 1 unspecified atom stereocenters. The summed E-state index contributed by atoms with van der Waals surface area (Å²) < 4.78 is 0. The molecule has 3 nitrogen and oxygen atoms in total. The molecule has 0 saturated carbocycles. The van der Waals surface area contributed by atoms with Crippen LogP contribution in [-0.4, -0.2) is 19.0 Å². The van der Waals surface area contributed by atoms with E-state index in [4.69, 9.17) is 5.73 Å². The number of carbonyl (C=O) groups is 1. The van der Waals surface area contributed by atoms with Crippen molar-refractivity contribution in [3.05, 3.63) is 29.3 Å². The van der Waals surface area contributed by atoms with Gasteiger partial charge in [-0.25, -0.2) is 0 Å². The fourth-order valence-corrected chi connectivity index (χ4v) is 2.32. The van der Waals surface area contributed by atoms with Gasteiger partial charge < -0.3 is 10.6 Å². The third-order valence-electron chi connectivity index (χ3n) is 3.39. The Morgan fingerprint density at radius 2 is 2.29 bits per heavy atom. The largest absolute Gasteiger partial charge is 0.330 e. The van der Waals surface area contributed by atoms with Gasteiger partial charge in [0.25, 0.3) is 0 Å². The second-order valence-electron chi connectivity index (χ2n) is 4.86. The van der Waals surface area contributed by atoms with Gasteiger partial charge in [-0.15, -0.1) is 0 Å². The minimum atomic E-state index is -0.0951. The summed E-state index contributed by atoms with van der Waals surface area (Å²) in [5, 5.41) is 0. The maximum atomic E-state index is 12.2. The van der Waals surface area contributed by atoms with Crippen LogP contribution in [0.1, 0.15) is 24.5 Å². The molecule has 1 aliphatic rings. The lowest BCUT2D eigenvalue weighted by molar-refractivity contribution is -0.121. The van der Waals surface area contributed by atoms with Crippen molar-refractivity contribution in [3.8, 4) is 0 Å². The molecule has 1 amide bonds. The van der Waals surface area contributed by atoms with Crippen molar-refractivity contribution in [2.24, 2.45) is 11.7 Å². The van der Waals surface area contributed by atoms with Gasteiger partial charge in [-0.1, -0.05) is 24.6 Å². The zero-order chi connectivity index (χ0) is 12.4. The Hall–Kier alpha value is -1.35. The Bertz CT molecular complexity index is 428. The Morgan fingerprint density at radius 1 is 1.53 bits per heavy atom. The Kier molecular flexibility index (Phi) is 3.48. The third kappa shape index (κ3) is 2.34. The van der Waals surface area contributed by atoms with E-state index in [1.165, 1.54) is 11.1 Å². The summed E-state index contributed by atoms with van der Waals surface area (Å²) in [6.45, 7) is 5.21. The SMILES string of the molecule is Cc1ccc2c(c1)CCCN2C(=O)C(C)CN. The monoisotopic (exact) mass is 232 g/mol. The quantitative estimate of drug-likeness (QED) is 0.846. The second-order valence-corrected chi connectivity index (χ2v) is 4.86. The lowest BCUT2D eigenvalue weighted by Crippen LogP contribution is -2.41. The highest BCUT2D eigenvalue weighted by Crippen LogP contribution is 2.28. The molecule has 0 spiro atoms. The maximum absolute atomic E-state index is 12.2. The van der Waals surface area contributed by atoms with E-state index < -0.39 is 0 Å². The highest BCUT2D eigenvalue weighted by Gasteiger charge is 2.25. The highest BCUT2D eigenvalue weighted by atomic mass is 16.2. The van der Waals surface area contributed by atoms with Crippen LogP contribution in [0.3, 0.4) is 0 Å². The molecule has 1 heterocycles. The Morgan fingerprint density at radius 3 is 3.00 bits per heavy atom. The topological polar surface area (TPSA) is 46.3 Å². The first kappa shape index (κ1) is 12.1. The molecule has 2 N–H and O–H groups in total. The second kappa shape index (κ2) is 4.88. The molecule has 0 aromatic heterocycles. The van der Waals surface area contributed by atoms with Crippen LogP contribution in [0.25, 0.3) is 0 Å². The standard InChI is InChI=1S/C14H20N2O/c1-10-5-6-13-12(8-10)4-3-7-16(13)14(17)11(2)9-15/h5-6,8,11H,3-4,7,9,15H2,1-2H3. The van der Waals surface area contributed by atoms with Crippen LogP contribution in [0.15, 0.2) is 18.2 Å². The third-order valence-corrected chi connectivity index (χ3v) is 3.39. The van der Waals surface area contributed by atoms with Crippen LogP contribution in [0, 0.1) is 12.8 Å². The van der Waals surface area contributed by atoms with Gasteiger partial charge in [-0.05, 0) is 31.4 Å². The maximum Gasteiger partial charge on any atom is 0.231 e. The fourth-order valence-electron chi connectivity index (χ4n) is 2.32. The van der Waals surface area contributed by atoms with Crippen molar-refractivity contribution in [1.29, 1.82) is 0 Å². The molecule has 0 aliphatic carbocycles. The van der Waals surface area contributed by atoms with E-state index in [2.05, 4.69) is 25.1 Å². The van der Waals surface area contributed by atoms with Gasteiger partial charge in [0, 0.05) is 24.7 Å². The zero-order valence-corrected chi connectivity index (χ0v) is 10.6. The van der Waals surface area contributed by atoms with Crippen LogP contribution in [0.4, 0.5) is 5.69 Å². The fraction of sp³-hybridized carbons (Fsp3) is 0.500. The molecule has 0 radical (unpaired) electrons. The predicted molar refractivity (Wildman–Crippen MR) is 70.1 cm³/mol. The molecule has 92 valence electrons. The van der Waals surface area contributed by atoms with E-state index in [0.29, 0.717) is 6.54 Å². The van der Waals surface area contributed by atoms with E-state index in [9.17, 15) is 4.79 Å². The van der Waals surface area contributed by atoms with Crippen molar-refractivity contribution < 1.29 is 4.79 Å². The van der Waals surface area contributed by atoms with E-state index in [-0.39, 0.29) is 11.8 Å². The molecule has 1 aliphatic heterocycles. The average molecular weight is 232 g/mol. The number of benzene rings is 1. The summed E-state index contributed by atoms with van der Waals surface area (Å²) in [5.74, 6) is 0.0551. The van der Waals surface area contributed by atoms with Crippen molar-refractivity contribution in [1.82, 2.24) is 0 Å². The first-order chi connectivity index (χ1) is 8.13. The number of hydrogen-bond acceptors (Lipinski definition) is 2. The molecule has 0 bridgehead atoms. The smallest absolute Gasteiger partial charge is 0.231 e. The van der Waals surface area contributed by atoms with Crippen LogP contribution in [0.2, 0.25) is 0 Å². The number of hydrogen-bond donors (Lipinski definition) is 1. The molecular weight excluding hydrogens is 212 g/mol. The minimum absolute atomic E-state index is 0.0951. The van der Waals surface area contributed by atoms with Gasteiger partial charge in [0.15, 0.2) is 0 Å². The molecule has 2 rings (SSSR count). The molecule has 1 atom stereocenters. The molecule has 1 aromatic carbocycles. The molecule has 1 aromatic rings. The number of aryl methyl sites for hydroxylation is 2. The van der Waals surface area contributed by atoms with Crippen molar-refractivity contribution in [3.63, 3.8) is 0 Å². The lowest BCUT2D eigenvalue weighted by atomic mass is 9.98. The lowest BCUT2D eigenvalue weighted by Gasteiger charge is -2.31. The summed E-state index contributed by atoms with van der Waals surface area (Å²) in [6.07, 6.45) is 2.11. The van der Waals surface area contributed by atoms with E-state index in [1.54, 1.807) is 0 Å². The van der Waals surface area contributed by atoms with E-state index in [0.717, 1.165) is 25.1 Å². The summed E-state index contributed by atoms with van der Waals surface area (Å²) in [6, 6.07) is 6.31. The van der Waals surface area contributed by atoms with Crippen LogP contribution < -0.4 is 10.6 Å². The van der Waals surface area contributed by atoms with Crippen molar-refractivity contribution in [2.75, 3.05) is 18.0 Å². The molecule has 0 saturated heterocycles. The molecule has 3 heteroatoms.